The molecule has 2 aromatic carbocycles. The van der Waals surface area contributed by atoms with Crippen molar-refractivity contribution in [2.24, 2.45) is 5.92 Å². The number of methoxy groups -OCH3 is 3. The highest BCUT2D eigenvalue weighted by Gasteiger charge is 2.45. The van der Waals surface area contributed by atoms with Crippen LogP contribution in [0.5, 0.6) is 17.2 Å². The minimum absolute atomic E-state index is 0.0453. The molecule has 0 aromatic heterocycles. The normalized spacial score (nSPS) is 19.6. The van der Waals surface area contributed by atoms with E-state index in [0.29, 0.717) is 34.5 Å². The summed E-state index contributed by atoms with van der Waals surface area (Å²) < 4.78 is 16.2. The average Bonchev–Trinajstić information content (AvgIpc) is 3.32. The maximum absolute atomic E-state index is 13.7. The van der Waals surface area contributed by atoms with Gasteiger partial charge in [0, 0.05) is 30.1 Å². The molecule has 2 N–H and O–H groups in total. The Morgan fingerprint density at radius 1 is 1.18 bits per heavy atom. The lowest BCUT2D eigenvalue weighted by atomic mass is 9.90. The van der Waals surface area contributed by atoms with Crippen LogP contribution in [0.2, 0.25) is 5.02 Å². The van der Waals surface area contributed by atoms with Gasteiger partial charge in [-0.25, -0.2) is 0 Å². The van der Waals surface area contributed by atoms with Crippen LogP contribution >= 0.6 is 23.8 Å². The van der Waals surface area contributed by atoms with Gasteiger partial charge in [-0.3, -0.25) is 4.79 Å². The summed E-state index contributed by atoms with van der Waals surface area (Å²) in [5, 5.41) is 14.6. The third-order valence-corrected chi connectivity index (χ3v) is 7.05. The van der Waals surface area contributed by atoms with Gasteiger partial charge in [0.1, 0.15) is 27.8 Å². The van der Waals surface area contributed by atoms with Crippen molar-refractivity contribution in [2.45, 2.75) is 31.8 Å². The smallest absolute Gasteiger partial charge is 0.260 e. The van der Waals surface area contributed by atoms with Gasteiger partial charge in [0.05, 0.1) is 32.0 Å². The number of rotatable bonds is 7. The third-order valence-electron chi connectivity index (χ3n) is 6.44. The van der Waals surface area contributed by atoms with Gasteiger partial charge in [-0.05, 0) is 37.1 Å². The number of anilines is 1. The Kier molecular flexibility index (Phi) is 7.19. The average molecular weight is 503 g/mol. The van der Waals surface area contributed by atoms with E-state index >= 15 is 0 Å². The number of fused-ring (bicyclic) bond motifs is 1. The second-order valence-corrected chi connectivity index (χ2v) is 9.07. The van der Waals surface area contributed by atoms with Crippen LogP contribution in [0.1, 0.15) is 24.8 Å². The molecule has 1 amide bonds. The second kappa shape index (κ2) is 10.1. The number of para-hydroxylation sites is 1. The lowest BCUT2D eigenvalue weighted by Gasteiger charge is -2.38. The van der Waals surface area contributed by atoms with Crippen molar-refractivity contribution in [3.05, 3.63) is 58.3 Å². The van der Waals surface area contributed by atoms with Crippen LogP contribution < -0.4 is 19.5 Å². The summed E-state index contributed by atoms with van der Waals surface area (Å²) in [4.78, 5) is 15.6. The maximum atomic E-state index is 13.7. The molecule has 0 saturated heterocycles. The van der Waals surface area contributed by atoms with Crippen molar-refractivity contribution in [3.63, 3.8) is 0 Å². The summed E-state index contributed by atoms with van der Waals surface area (Å²) in [5.74, 6) is 1.27. The molecular weight excluding hydrogens is 476 g/mol. The molecule has 0 bridgehead atoms. The molecule has 2 aromatic rings. The molecule has 180 valence electrons. The topological polar surface area (TPSA) is 80.3 Å². The molecule has 4 rings (SSSR count). The molecule has 1 fully saturated rings. The van der Waals surface area contributed by atoms with Crippen LogP contribution in [0.3, 0.4) is 0 Å². The van der Waals surface area contributed by atoms with Gasteiger partial charge < -0.3 is 29.5 Å². The Morgan fingerprint density at radius 2 is 1.97 bits per heavy atom. The fraction of sp³-hybridized carbons (Fsp3) is 0.360. The maximum Gasteiger partial charge on any atom is 0.260 e. The minimum atomic E-state index is -0.322. The summed E-state index contributed by atoms with van der Waals surface area (Å²) in [6.07, 6.45) is 2.51. The molecular formula is C25H27ClN2O5S. The summed E-state index contributed by atoms with van der Waals surface area (Å²) in [6.45, 7) is 0.326. The summed E-state index contributed by atoms with van der Waals surface area (Å²) >= 11 is 11.8. The highest BCUT2D eigenvalue weighted by molar-refractivity contribution is 7.81. The number of aliphatic hydroxyl groups excluding tert-OH is 1. The zero-order valence-corrected chi connectivity index (χ0v) is 20.8. The molecule has 0 spiro atoms. The third kappa shape index (κ3) is 4.40. The van der Waals surface area contributed by atoms with E-state index < -0.39 is 0 Å². The molecule has 1 saturated carbocycles. The number of hydrogen-bond acceptors (Lipinski definition) is 6. The van der Waals surface area contributed by atoms with Crippen LogP contribution in [0, 0.1) is 5.92 Å². The van der Waals surface area contributed by atoms with Crippen molar-refractivity contribution in [3.8, 4) is 17.2 Å². The van der Waals surface area contributed by atoms with Crippen molar-refractivity contribution in [1.82, 2.24) is 4.90 Å². The highest BCUT2D eigenvalue weighted by atomic mass is 35.5. The predicted molar refractivity (Wildman–Crippen MR) is 135 cm³/mol. The van der Waals surface area contributed by atoms with Crippen LogP contribution in [0.15, 0.2) is 47.7 Å². The first-order valence-electron chi connectivity index (χ1n) is 11.0. The molecule has 7 nitrogen and oxygen atoms in total. The molecule has 9 heteroatoms. The minimum Gasteiger partial charge on any atom is -0.511 e. The van der Waals surface area contributed by atoms with E-state index in [-0.39, 0.29) is 34.2 Å². The van der Waals surface area contributed by atoms with Gasteiger partial charge in [-0.2, -0.15) is 0 Å². The van der Waals surface area contributed by atoms with Gasteiger partial charge in [-0.1, -0.05) is 36.3 Å². The number of thiocarbonyl (C=S) groups is 1. The molecule has 1 heterocycles. The monoisotopic (exact) mass is 502 g/mol. The van der Waals surface area contributed by atoms with Crippen LogP contribution in [-0.4, -0.2) is 48.3 Å². The van der Waals surface area contributed by atoms with Crippen LogP contribution in [0.25, 0.3) is 0 Å². The summed E-state index contributed by atoms with van der Waals surface area (Å²) in [6, 6.07) is 10.6. The number of amides is 1. The number of aliphatic hydroxyl groups is 1. The van der Waals surface area contributed by atoms with E-state index in [4.69, 9.17) is 38.0 Å². The van der Waals surface area contributed by atoms with Crippen molar-refractivity contribution >= 4 is 40.4 Å². The first-order chi connectivity index (χ1) is 16.4. The Hall–Kier alpha value is -2.97. The highest BCUT2D eigenvalue weighted by Crippen LogP contribution is 2.42. The lowest BCUT2D eigenvalue weighted by Crippen LogP contribution is -2.49. The number of ether oxygens (including phenoxy) is 3. The Morgan fingerprint density at radius 3 is 2.68 bits per heavy atom. The van der Waals surface area contributed by atoms with E-state index in [2.05, 4.69) is 5.32 Å². The lowest BCUT2D eigenvalue weighted by molar-refractivity contribution is -0.132. The van der Waals surface area contributed by atoms with Crippen LogP contribution in [-0.2, 0) is 11.3 Å². The molecule has 1 aliphatic heterocycles. The Labute approximate surface area is 209 Å². The Balaban J connectivity index is 1.67. The number of halogens is 1. The van der Waals surface area contributed by atoms with Crippen molar-refractivity contribution in [2.75, 3.05) is 26.6 Å². The van der Waals surface area contributed by atoms with Gasteiger partial charge in [0.2, 0.25) is 0 Å². The fourth-order valence-electron chi connectivity index (χ4n) is 4.79. The van der Waals surface area contributed by atoms with Crippen molar-refractivity contribution < 1.29 is 24.1 Å². The molecule has 2 aliphatic rings. The quantitative estimate of drug-likeness (QED) is 0.508. The van der Waals surface area contributed by atoms with Gasteiger partial charge in [0.25, 0.3) is 5.91 Å². The van der Waals surface area contributed by atoms with E-state index in [1.54, 1.807) is 43.4 Å². The zero-order chi connectivity index (χ0) is 24.4. The Bertz CT molecular complexity index is 1150. The van der Waals surface area contributed by atoms with E-state index in [1.165, 1.54) is 7.11 Å². The molecule has 1 aliphatic carbocycles. The molecule has 0 radical (unpaired) electrons. The van der Waals surface area contributed by atoms with Gasteiger partial charge in [-0.15, -0.1) is 0 Å². The SMILES string of the molecule is COc1ccc(CN2C(=O)C(C(=S)Nc3cccc(Cl)c3OC)=C(O)C3CCCC32)c(OC)c1. The summed E-state index contributed by atoms with van der Waals surface area (Å²) in [5.41, 5.74) is 1.47. The van der Waals surface area contributed by atoms with E-state index in [0.717, 1.165) is 24.8 Å². The van der Waals surface area contributed by atoms with Gasteiger partial charge in [0.15, 0.2) is 5.75 Å². The fourth-order valence-corrected chi connectivity index (χ4v) is 5.34. The molecule has 34 heavy (non-hydrogen) atoms. The largest absolute Gasteiger partial charge is 0.511 e. The summed E-state index contributed by atoms with van der Waals surface area (Å²) in [7, 11) is 4.68. The first kappa shape index (κ1) is 24.2. The molecule has 2 atom stereocenters. The number of carbonyl (C=O) groups is 1. The van der Waals surface area contributed by atoms with Crippen LogP contribution in [0.4, 0.5) is 5.69 Å². The zero-order valence-electron chi connectivity index (χ0n) is 19.3. The second-order valence-electron chi connectivity index (χ2n) is 8.25. The predicted octanol–water partition coefficient (Wildman–Crippen LogP) is 5.13. The standard InChI is InChI=1S/C25H27ClN2O5S/c1-31-15-11-10-14(20(12-15)32-2)13-28-19-9-4-6-16(19)22(29)21(25(28)30)24(34)27-18-8-5-7-17(26)23(18)33-3/h5,7-8,10-12,16,19,29H,4,6,9,13H2,1-3H3,(H,27,34). The first-order valence-corrected chi connectivity index (χ1v) is 11.8. The number of nitrogens with one attached hydrogen (secondary N) is 1. The van der Waals surface area contributed by atoms with Gasteiger partial charge >= 0.3 is 0 Å². The van der Waals surface area contributed by atoms with E-state index in [9.17, 15) is 9.90 Å². The number of benzene rings is 2. The molecule has 2 unspecified atom stereocenters. The number of hydrogen-bond donors (Lipinski definition) is 2. The number of carbonyl (C=O) groups excluding carboxylic acids is 1. The number of nitrogens with zero attached hydrogens (tertiary/aromatic N) is 1. The van der Waals surface area contributed by atoms with Crippen molar-refractivity contribution in [1.29, 1.82) is 0 Å². The van der Waals surface area contributed by atoms with E-state index in [1.807, 2.05) is 12.1 Å².